The number of unbranched alkanes of at least 4 members (excludes halogenated alkanes) is 8. The summed E-state index contributed by atoms with van der Waals surface area (Å²) < 4.78 is 4.98. The molecule has 6 aromatic heterocycles. The molecule has 11 rings (SSSR count). The van der Waals surface area contributed by atoms with E-state index >= 15 is 0 Å². The highest BCUT2D eigenvalue weighted by molar-refractivity contribution is 7.32. The van der Waals surface area contributed by atoms with Crippen LogP contribution in [0.15, 0.2) is 70.9 Å². The monoisotopic (exact) mass is 1450 g/mol. The second-order valence-electron chi connectivity index (χ2n) is 30.1. The summed E-state index contributed by atoms with van der Waals surface area (Å²) in [5.41, 5.74) is 12.0. The number of benzene rings is 1. The van der Waals surface area contributed by atoms with E-state index < -0.39 is 0 Å². The molecule has 0 radical (unpaired) electrons. The lowest BCUT2D eigenvalue weighted by molar-refractivity contribution is 0.264. The zero-order valence-electron chi connectivity index (χ0n) is 62.9. The molecule has 4 unspecified atom stereocenters. The molecule has 4 aliphatic rings. The average Bonchev–Trinajstić information content (AvgIpc) is 1.52. The van der Waals surface area contributed by atoms with Crippen molar-refractivity contribution in [2.75, 3.05) is 36.0 Å². The largest absolute Gasteiger partial charge is 0.363 e. The van der Waals surface area contributed by atoms with E-state index in [1.165, 1.54) is 200 Å². The molecule has 8 nitrogen and oxygen atoms in total. The van der Waals surface area contributed by atoms with E-state index in [4.69, 9.17) is 9.98 Å². The van der Waals surface area contributed by atoms with Crippen molar-refractivity contribution in [1.82, 2.24) is 0 Å². The lowest BCUT2D eigenvalue weighted by Gasteiger charge is -2.40. The minimum Gasteiger partial charge on any atom is -0.363 e. The highest BCUT2D eigenvalue weighted by atomic mass is 32.1. The van der Waals surface area contributed by atoms with Crippen molar-refractivity contribution in [1.29, 1.82) is 21.6 Å². The first-order valence-corrected chi connectivity index (χ1v) is 44.5. The molecule has 0 amide bonds. The lowest BCUT2D eigenvalue weighted by atomic mass is 9.63. The van der Waals surface area contributed by atoms with Gasteiger partial charge in [0.2, 0.25) is 0 Å². The first-order chi connectivity index (χ1) is 48.6. The van der Waals surface area contributed by atoms with Crippen LogP contribution in [0.1, 0.15) is 305 Å². The van der Waals surface area contributed by atoms with Crippen molar-refractivity contribution >= 4 is 142 Å². The van der Waals surface area contributed by atoms with Crippen molar-refractivity contribution in [3.05, 3.63) is 103 Å². The SMILES string of the molecule is CCCCC(CC)CC1(CC(CC)CCCC)c2cc3c(cc2-c2sc(C4=CN=C(c5cc6sc(N(CCCC)CCCC)cc6s5)C(=N)C4=N)cc21)C(CC(CC)CCCC)(CC(CC)CCCC)c1cc(C2=CN=C(c4cc5sc(N(CCCC)CCCC)cc5s4)C(=N)C2=N)sc1-3. The van der Waals surface area contributed by atoms with Gasteiger partial charge in [-0.25, -0.2) is 0 Å². The molecule has 100 heavy (non-hydrogen) atoms. The second kappa shape index (κ2) is 34.8. The fourth-order valence-electron chi connectivity index (χ4n) is 17.0. The van der Waals surface area contributed by atoms with E-state index in [-0.39, 0.29) is 33.7 Å². The number of hydrogen-bond donors (Lipinski definition) is 4. The number of aliphatic imine (C=N–C) groups is 2. The van der Waals surface area contributed by atoms with Gasteiger partial charge in [-0.05, 0) is 157 Å². The summed E-state index contributed by atoms with van der Waals surface area (Å²) in [5, 5.41) is 42.4. The molecular weight excluding hydrogens is 1340 g/mol. The molecule has 4 atom stereocenters. The van der Waals surface area contributed by atoms with Crippen LogP contribution in [0, 0.1) is 45.3 Å². The molecule has 0 saturated heterocycles. The Morgan fingerprint density at radius 1 is 0.340 bits per heavy atom. The molecule has 2 aliphatic heterocycles. The van der Waals surface area contributed by atoms with Gasteiger partial charge >= 0.3 is 0 Å². The van der Waals surface area contributed by atoms with Crippen molar-refractivity contribution in [2.24, 2.45) is 33.7 Å². The maximum atomic E-state index is 10.0. The minimum atomic E-state index is -0.262. The standard InChI is InChI=1S/C86H118N8S6/c1-13-25-33-55(21-9)49-85(50-56(22-10)34-26-14-2)63-41-60-64(42-59(63)83-65(85)43-67(99-83)61-53-91-81(79(89)77(61)87)73-45-69-71(95-73)47-75(97-69)93(37-29-17-5)38-30-18-6)86(51-57(23-11)35-27-15-3,52-58(24-12)36-28-16-4)66-44-68(100-84(60)66)62-54-92-82(80(90)78(62)88)74-46-70-72(96-74)48-76(98-70)94(39-31-19-7)40-32-20-8/h41-48,53-58,87-90H,13-40,49-52H2,1-12H3. The molecule has 0 saturated carbocycles. The smallest absolute Gasteiger partial charge is 0.107 e. The van der Waals surface area contributed by atoms with Crippen LogP contribution in [-0.4, -0.2) is 60.4 Å². The van der Waals surface area contributed by atoms with Crippen LogP contribution < -0.4 is 9.80 Å². The summed E-state index contributed by atoms with van der Waals surface area (Å²) >= 11 is 11.0. The molecule has 4 N–H and O–H groups in total. The number of hydrogen-bond acceptors (Lipinski definition) is 14. The third-order valence-corrected chi connectivity index (χ3v) is 30.3. The van der Waals surface area contributed by atoms with Gasteiger partial charge in [0.25, 0.3) is 0 Å². The number of rotatable bonds is 42. The molecule has 8 heterocycles. The maximum absolute atomic E-state index is 10.0. The highest BCUT2D eigenvalue weighted by Crippen LogP contribution is 2.66. The molecule has 14 heteroatoms. The van der Waals surface area contributed by atoms with E-state index in [2.05, 4.69) is 141 Å². The molecule has 0 fully saturated rings. The molecule has 538 valence electrons. The first-order valence-electron chi connectivity index (χ1n) is 39.6. The van der Waals surface area contributed by atoms with E-state index in [0.29, 0.717) is 35.1 Å². The minimum absolute atomic E-state index is 0.220. The number of allylic oxidation sites excluding steroid dienone is 2. The van der Waals surface area contributed by atoms with Gasteiger partial charge in [-0.2, -0.15) is 0 Å². The van der Waals surface area contributed by atoms with Crippen LogP contribution in [0.25, 0.3) is 50.8 Å². The summed E-state index contributed by atoms with van der Waals surface area (Å²) in [7, 11) is 0. The molecular formula is C86H118N8S6. The van der Waals surface area contributed by atoms with Gasteiger partial charge in [0.05, 0.1) is 31.2 Å². The molecule has 1 aromatic carbocycles. The van der Waals surface area contributed by atoms with Crippen LogP contribution in [0.4, 0.5) is 10.0 Å². The summed E-state index contributed by atoms with van der Waals surface area (Å²) in [4.78, 5) is 22.4. The Balaban J connectivity index is 1.07. The third kappa shape index (κ3) is 15.6. The van der Waals surface area contributed by atoms with Gasteiger partial charge in [-0.1, -0.05) is 212 Å². The quantitative estimate of drug-likeness (QED) is 0.0304. The van der Waals surface area contributed by atoms with Crippen LogP contribution >= 0.6 is 68.0 Å². The number of nitrogens with zero attached hydrogens (tertiary/aromatic N) is 4. The number of thiophene rings is 6. The number of nitrogens with one attached hydrogen (secondary N) is 4. The van der Waals surface area contributed by atoms with Crippen LogP contribution in [-0.2, 0) is 10.8 Å². The third-order valence-electron chi connectivity index (χ3n) is 23.2. The number of anilines is 2. The summed E-state index contributed by atoms with van der Waals surface area (Å²) in [6.45, 7) is 32.6. The highest BCUT2D eigenvalue weighted by Gasteiger charge is 2.52. The van der Waals surface area contributed by atoms with E-state index in [9.17, 15) is 21.6 Å². The average molecular weight is 1460 g/mol. The Morgan fingerprint density at radius 3 is 0.940 bits per heavy atom. The predicted octanol–water partition coefficient (Wildman–Crippen LogP) is 27.9. The zero-order chi connectivity index (χ0) is 70.8. The normalized spacial score (nSPS) is 18.5. The van der Waals surface area contributed by atoms with E-state index in [0.717, 1.165) is 108 Å². The van der Waals surface area contributed by atoms with Crippen molar-refractivity contribution in [2.45, 2.75) is 274 Å². The van der Waals surface area contributed by atoms with Gasteiger partial charge in [0.1, 0.15) is 22.8 Å². The van der Waals surface area contributed by atoms with E-state index in [1.54, 1.807) is 22.7 Å². The topological polar surface area (TPSA) is 127 Å². The Bertz CT molecular complexity index is 3760. The van der Waals surface area contributed by atoms with Crippen LogP contribution in [0.5, 0.6) is 0 Å². The molecule has 0 spiro atoms. The van der Waals surface area contributed by atoms with Crippen molar-refractivity contribution in [3.63, 3.8) is 0 Å². The Morgan fingerprint density at radius 2 is 0.650 bits per heavy atom. The molecule has 7 aromatic rings. The Labute approximate surface area is 625 Å². The summed E-state index contributed by atoms with van der Waals surface area (Å²) in [5.74, 6) is 2.16. The lowest BCUT2D eigenvalue weighted by Crippen LogP contribution is -2.32. The van der Waals surface area contributed by atoms with Gasteiger partial charge in [0.15, 0.2) is 0 Å². The Kier molecular flexibility index (Phi) is 26.5. The molecule has 0 bridgehead atoms. The fourth-order valence-corrected chi connectivity index (χ4v) is 24.5. The van der Waals surface area contributed by atoms with Gasteiger partial charge < -0.3 is 9.80 Å². The predicted molar refractivity (Wildman–Crippen MR) is 450 cm³/mol. The fraction of sp³-hybridized carbons (Fsp3) is 0.581. The summed E-state index contributed by atoms with van der Waals surface area (Å²) in [6, 6.07) is 19.8. The van der Waals surface area contributed by atoms with Crippen molar-refractivity contribution in [3.8, 4) is 20.9 Å². The van der Waals surface area contributed by atoms with E-state index in [1.807, 2.05) is 57.7 Å². The summed E-state index contributed by atoms with van der Waals surface area (Å²) in [6.07, 6.45) is 36.8. The zero-order valence-corrected chi connectivity index (χ0v) is 67.8. The first kappa shape index (κ1) is 76.2. The van der Waals surface area contributed by atoms with Crippen LogP contribution in [0.2, 0.25) is 0 Å². The van der Waals surface area contributed by atoms with Crippen LogP contribution in [0.3, 0.4) is 0 Å². The van der Waals surface area contributed by atoms with Gasteiger partial charge in [0, 0.05) is 98.9 Å². The van der Waals surface area contributed by atoms with Gasteiger partial charge in [-0.15, -0.1) is 68.0 Å². The maximum Gasteiger partial charge on any atom is 0.107 e. The second-order valence-corrected chi connectivity index (χ2v) is 36.5. The number of fused-ring (bicyclic) bond motifs is 8. The Hall–Kier alpha value is -4.96. The van der Waals surface area contributed by atoms with Crippen molar-refractivity contribution < 1.29 is 0 Å². The van der Waals surface area contributed by atoms with Gasteiger partial charge in [-0.3, -0.25) is 31.6 Å². The molecule has 2 aliphatic carbocycles.